The van der Waals surface area contributed by atoms with Crippen molar-refractivity contribution >= 4 is 27.5 Å². The summed E-state index contributed by atoms with van der Waals surface area (Å²) in [5.74, 6) is -2.45. The molecule has 0 bridgehead atoms. The van der Waals surface area contributed by atoms with E-state index in [4.69, 9.17) is 0 Å². The molecule has 2 amide bonds. The highest BCUT2D eigenvalue weighted by atomic mass is 32.2. The highest BCUT2D eigenvalue weighted by molar-refractivity contribution is 7.92. The number of carbonyl (C=O) groups is 2. The summed E-state index contributed by atoms with van der Waals surface area (Å²) in [6, 6.07) is 18.7. The fourth-order valence-corrected chi connectivity index (χ4v) is 4.89. The molecule has 0 spiro atoms. The summed E-state index contributed by atoms with van der Waals surface area (Å²) >= 11 is 0. The Morgan fingerprint density at radius 2 is 1.46 bits per heavy atom. The minimum absolute atomic E-state index is 0.108. The molecule has 3 aromatic carbocycles. The van der Waals surface area contributed by atoms with Gasteiger partial charge in [0.25, 0.3) is 0 Å². The number of hydrogen-bond donors (Lipinski definition) is 1. The molecule has 0 radical (unpaired) electrons. The summed E-state index contributed by atoms with van der Waals surface area (Å²) in [6.45, 7) is 4.57. The number of sulfonamides is 1. The van der Waals surface area contributed by atoms with Crippen molar-refractivity contribution in [3.63, 3.8) is 0 Å². The lowest BCUT2D eigenvalue weighted by Crippen LogP contribution is -2.56. The molecule has 0 saturated heterocycles. The first-order chi connectivity index (χ1) is 18.2. The van der Waals surface area contributed by atoms with Crippen molar-refractivity contribution < 1.29 is 26.8 Å². The van der Waals surface area contributed by atoms with Gasteiger partial charge in [-0.05, 0) is 56.2 Å². The number of anilines is 1. The Bertz CT molecular complexity index is 1390. The molecule has 0 aliphatic rings. The molecule has 7 nitrogen and oxygen atoms in total. The number of benzene rings is 3. The maximum atomic E-state index is 14.6. The van der Waals surface area contributed by atoms with E-state index in [1.54, 1.807) is 20.8 Å². The zero-order valence-corrected chi connectivity index (χ0v) is 23.2. The van der Waals surface area contributed by atoms with E-state index in [1.807, 2.05) is 30.3 Å². The van der Waals surface area contributed by atoms with Crippen LogP contribution >= 0.6 is 0 Å². The van der Waals surface area contributed by atoms with Gasteiger partial charge in [0.1, 0.15) is 24.2 Å². The number of para-hydroxylation sites is 1. The van der Waals surface area contributed by atoms with Gasteiger partial charge < -0.3 is 10.2 Å². The Morgan fingerprint density at radius 3 is 2.03 bits per heavy atom. The van der Waals surface area contributed by atoms with Crippen LogP contribution in [0.4, 0.5) is 14.5 Å². The van der Waals surface area contributed by atoms with Gasteiger partial charge in [0.15, 0.2) is 0 Å². The molecule has 0 fully saturated rings. The monoisotopic (exact) mass is 557 g/mol. The molecular formula is C29H33F2N3O4S. The summed E-state index contributed by atoms with van der Waals surface area (Å²) < 4.78 is 54.3. The lowest BCUT2D eigenvalue weighted by molar-refractivity contribution is -0.140. The third-order valence-corrected chi connectivity index (χ3v) is 6.96. The van der Waals surface area contributed by atoms with Crippen LogP contribution in [0.3, 0.4) is 0 Å². The minimum atomic E-state index is -4.09. The van der Waals surface area contributed by atoms with Gasteiger partial charge in [-0.3, -0.25) is 13.9 Å². The van der Waals surface area contributed by atoms with E-state index in [0.29, 0.717) is 9.87 Å². The smallest absolute Gasteiger partial charge is 0.244 e. The van der Waals surface area contributed by atoms with Gasteiger partial charge in [-0.1, -0.05) is 54.6 Å². The number of nitrogens with one attached hydrogen (secondary N) is 1. The molecule has 0 aromatic heterocycles. The van der Waals surface area contributed by atoms with Gasteiger partial charge in [0.05, 0.1) is 11.9 Å². The largest absolute Gasteiger partial charge is 0.350 e. The average molecular weight is 558 g/mol. The van der Waals surface area contributed by atoms with Crippen LogP contribution in [0.1, 0.15) is 31.9 Å². The summed E-state index contributed by atoms with van der Waals surface area (Å²) in [5.41, 5.74) is 0.400. The fourth-order valence-electron chi connectivity index (χ4n) is 4.04. The van der Waals surface area contributed by atoms with Crippen molar-refractivity contribution in [1.82, 2.24) is 10.2 Å². The third-order valence-electron chi connectivity index (χ3n) is 5.84. The maximum Gasteiger partial charge on any atom is 0.244 e. The number of nitrogens with zero attached hydrogens (tertiary/aromatic N) is 2. The topological polar surface area (TPSA) is 86.8 Å². The molecule has 39 heavy (non-hydrogen) atoms. The van der Waals surface area contributed by atoms with Gasteiger partial charge in [0, 0.05) is 18.5 Å². The van der Waals surface area contributed by atoms with E-state index < -0.39 is 51.6 Å². The highest BCUT2D eigenvalue weighted by Crippen LogP contribution is 2.23. The van der Waals surface area contributed by atoms with Crippen LogP contribution in [-0.2, 0) is 32.6 Å². The van der Waals surface area contributed by atoms with Gasteiger partial charge in [-0.15, -0.1) is 0 Å². The van der Waals surface area contributed by atoms with Crippen LogP contribution in [0.25, 0.3) is 0 Å². The van der Waals surface area contributed by atoms with Crippen LogP contribution < -0.4 is 9.62 Å². The first-order valence-electron chi connectivity index (χ1n) is 12.4. The summed E-state index contributed by atoms with van der Waals surface area (Å²) in [4.78, 5) is 28.8. The zero-order chi connectivity index (χ0) is 28.8. The summed E-state index contributed by atoms with van der Waals surface area (Å²) in [7, 11) is -4.09. The molecule has 0 aliphatic heterocycles. The Hall–Kier alpha value is -3.79. The zero-order valence-electron chi connectivity index (χ0n) is 22.4. The predicted octanol–water partition coefficient (Wildman–Crippen LogP) is 4.29. The lowest BCUT2D eigenvalue weighted by Gasteiger charge is -2.35. The standard InChI is InChI=1S/C29H33F2N3O4S/c1-29(2,3)32-28(36)26(18-21-10-6-5-7-11-21)33(19-22-14-16-23(30)17-15-22)27(35)20-34(39(4,37)38)25-13-9-8-12-24(25)31/h5-17,26H,18-20H2,1-4H3,(H,32,36)/t26-/m1/s1. The molecule has 208 valence electrons. The van der Waals surface area contributed by atoms with Crippen LogP contribution in [0.2, 0.25) is 0 Å². The Labute approximate surface area is 228 Å². The van der Waals surface area contributed by atoms with Crippen LogP contribution in [-0.4, -0.2) is 49.5 Å². The molecular weight excluding hydrogens is 524 g/mol. The predicted molar refractivity (Wildman–Crippen MR) is 147 cm³/mol. The van der Waals surface area contributed by atoms with E-state index in [2.05, 4.69) is 5.32 Å². The lowest BCUT2D eigenvalue weighted by atomic mass is 10.0. The van der Waals surface area contributed by atoms with Crippen molar-refractivity contribution in [2.24, 2.45) is 0 Å². The molecule has 10 heteroatoms. The summed E-state index contributed by atoms with van der Waals surface area (Å²) in [6.07, 6.45) is 1.01. The second-order valence-electron chi connectivity index (χ2n) is 10.3. The first-order valence-corrected chi connectivity index (χ1v) is 14.2. The Balaban J connectivity index is 2.08. The molecule has 0 aliphatic carbocycles. The van der Waals surface area contributed by atoms with E-state index in [0.717, 1.165) is 17.9 Å². The van der Waals surface area contributed by atoms with Crippen molar-refractivity contribution in [3.8, 4) is 0 Å². The molecule has 0 unspecified atom stereocenters. The summed E-state index contributed by atoms with van der Waals surface area (Å²) in [5, 5.41) is 2.91. The van der Waals surface area contributed by atoms with Crippen molar-refractivity contribution in [2.45, 2.75) is 45.3 Å². The molecule has 0 heterocycles. The van der Waals surface area contributed by atoms with Crippen molar-refractivity contribution in [3.05, 3.63) is 102 Å². The third kappa shape index (κ3) is 8.61. The Morgan fingerprint density at radius 1 is 0.872 bits per heavy atom. The van der Waals surface area contributed by atoms with Gasteiger partial charge >= 0.3 is 0 Å². The molecule has 1 atom stereocenters. The first kappa shape index (κ1) is 29.8. The van der Waals surface area contributed by atoms with Crippen LogP contribution in [0.5, 0.6) is 0 Å². The number of rotatable bonds is 10. The van der Waals surface area contributed by atoms with E-state index in [1.165, 1.54) is 47.4 Å². The van der Waals surface area contributed by atoms with Crippen molar-refractivity contribution in [2.75, 3.05) is 17.1 Å². The van der Waals surface area contributed by atoms with Crippen molar-refractivity contribution in [1.29, 1.82) is 0 Å². The number of carbonyl (C=O) groups excluding carboxylic acids is 2. The van der Waals surface area contributed by atoms with Crippen LogP contribution in [0, 0.1) is 11.6 Å². The second-order valence-corrected chi connectivity index (χ2v) is 12.2. The van der Waals surface area contributed by atoms with Gasteiger partial charge in [0.2, 0.25) is 21.8 Å². The Kier molecular flexibility index (Phi) is 9.45. The molecule has 3 aromatic rings. The van der Waals surface area contributed by atoms with Gasteiger partial charge in [-0.2, -0.15) is 0 Å². The van der Waals surface area contributed by atoms with E-state index >= 15 is 0 Å². The van der Waals surface area contributed by atoms with E-state index in [9.17, 15) is 26.8 Å². The number of halogens is 2. The maximum absolute atomic E-state index is 14.6. The quantitative estimate of drug-likeness (QED) is 0.403. The van der Waals surface area contributed by atoms with E-state index in [-0.39, 0.29) is 18.7 Å². The molecule has 0 saturated carbocycles. The molecule has 3 rings (SSSR count). The number of amides is 2. The SMILES string of the molecule is CC(C)(C)NC(=O)[C@@H](Cc1ccccc1)N(Cc1ccc(F)cc1)C(=O)CN(c1ccccc1F)S(C)(=O)=O. The number of hydrogen-bond acceptors (Lipinski definition) is 4. The fraction of sp³-hybridized carbons (Fsp3) is 0.310. The molecule has 1 N–H and O–H groups in total. The normalized spacial score (nSPS) is 12.5. The van der Waals surface area contributed by atoms with Crippen LogP contribution in [0.15, 0.2) is 78.9 Å². The average Bonchev–Trinajstić information content (AvgIpc) is 2.85. The highest BCUT2D eigenvalue weighted by Gasteiger charge is 2.34. The second kappa shape index (κ2) is 12.4. The minimum Gasteiger partial charge on any atom is -0.350 e. The van der Waals surface area contributed by atoms with Gasteiger partial charge in [-0.25, -0.2) is 17.2 Å².